The van der Waals surface area contributed by atoms with Crippen LogP contribution in [0.2, 0.25) is 0 Å². The first-order chi connectivity index (χ1) is 19.8. The van der Waals surface area contributed by atoms with E-state index < -0.39 is 17.7 Å². The first kappa shape index (κ1) is 27.1. The predicted molar refractivity (Wildman–Crippen MR) is 151 cm³/mol. The highest BCUT2D eigenvalue weighted by atomic mass is 19.2. The lowest BCUT2D eigenvalue weighted by Gasteiger charge is -2.41. The fraction of sp³-hybridized carbons (Fsp3) is 0.367. The number of hydrogen-bond acceptors (Lipinski definition) is 5. The van der Waals surface area contributed by atoms with E-state index >= 15 is 0 Å². The molecule has 0 bridgehead atoms. The highest BCUT2D eigenvalue weighted by molar-refractivity contribution is 5.91. The van der Waals surface area contributed by atoms with Gasteiger partial charge in [0, 0.05) is 56.5 Å². The summed E-state index contributed by atoms with van der Waals surface area (Å²) in [6, 6.07) is 13.1. The lowest BCUT2D eigenvalue weighted by Crippen LogP contribution is -2.51. The number of nitrogens with zero attached hydrogens (tertiary/aromatic N) is 5. The quantitative estimate of drug-likeness (QED) is 0.344. The molecule has 4 aromatic rings. The number of methoxy groups -OCH3 is 1. The Morgan fingerprint density at radius 3 is 2.54 bits per heavy atom. The molecule has 2 aromatic heterocycles. The van der Waals surface area contributed by atoms with Crippen LogP contribution in [0.1, 0.15) is 29.9 Å². The SMILES string of the molecule is COC1CCC1N1C[C@@H](NC(=O)Nc2c(C)c(-c3cnn(C)c3)nn2-c2ccccc2)[C@H](c2ccc(F)c(F)c2)C1. The van der Waals surface area contributed by atoms with Gasteiger partial charge in [-0.1, -0.05) is 24.3 Å². The molecule has 1 aliphatic heterocycles. The molecule has 6 rings (SSSR count). The number of para-hydroxylation sites is 1. The van der Waals surface area contributed by atoms with Crippen molar-refractivity contribution in [3.63, 3.8) is 0 Å². The smallest absolute Gasteiger partial charge is 0.320 e. The molecule has 2 unspecified atom stereocenters. The van der Waals surface area contributed by atoms with Gasteiger partial charge in [0.2, 0.25) is 0 Å². The summed E-state index contributed by atoms with van der Waals surface area (Å²) in [7, 11) is 3.55. The van der Waals surface area contributed by atoms with Crippen LogP contribution >= 0.6 is 0 Å². The van der Waals surface area contributed by atoms with Crippen LogP contribution in [0.5, 0.6) is 0 Å². The summed E-state index contributed by atoms with van der Waals surface area (Å²) in [5.41, 5.74) is 3.78. The highest BCUT2D eigenvalue weighted by Crippen LogP contribution is 2.36. The number of aryl methyl sites for hydroxylation is 1. The van der Waals surface area contributed by atoms with E-state index in [1.807, 2.05) is 50.5 Å². The first-order valence-corrected chi connectivity index (χ1v) is 13.8. The van der Waals surface area contributed by atoms with Crippen molar-refractivity contribution in [1.29, 1.82) is 0 Å². The van der Waals surface area contributed by atoms with Crippen molar-refractivity contribution >= 4 is 11.8 Å². The lowest BCUT2D eigenvalue weighted by molar-refractivity contribution is -0.0418. The number of carbonyl (C=O) groups excluding carboxylic acids is 1. The van der Waals surface area contributed by atoms with Crippen LogP contribution in [-0.2, 0) is 11.8 Å². The number of hydrogen-bond donors (Lipinski definition) is 2. The third-order valence-electron chi connectivity index (χ3n) is 8.32. The zero-order valence-corrected chi connectivity index (χ0v) is 23.2. The van der Waals surface area contributed by atoms with E-state index in [-0.39, 0.29) is 24.1 Å². The largest absolute Gasteiger partial charge is 0.380 e. The number of nitrogens with one attached hydrogen (secondary N) is 2. The number of urea groups is 1. The zero-order valence-electron chi connectivity index (χ0n) is 23.2. The highest BCUT2D eigenvalue weighted by Gasteiger charge is 2.44. The van der Waals surface area contributed by atoms with Gasteiger partial charge in [-0.3, -0.25) is 14.9 Å². The minimum absolute atomic E-state index is 0.127. The molecule has 2 aliphatic rings. The van der Waals surface area contributed by atoms with Crippen LogP contribution in [0.15, 0.2) is 60.9 Å². The molecule has 1 saturated heterocycles. The Morgan fingerprint density at radius 1 is 1.07 bits per heavy atom. The topological polar surface area (TPSA) is 89.2 Å². The van der Waals surface area contributed by atoms with Gasteiger partial charge >= 0.3 is 6.03 Å². The standard InChI is InChI=1S/C30H33F2N7O2/c1-18-28(20-14-33-37(2)15-20)36-39(21-7-5-4-6-8-21)29(18)35-30(40)34-25-17-38(26-11-12-27(26)41-3)16-22(25)19-9-10-23(31)24(32)13-19/h4-10,13-15,22,25-27H,11-12,16-17H2,1-3H3,(H2,34,35,40)/t22-,25+,26?,27?/m0/s1. The number of ether oxygens (including phenoxy) is 1. The second-order valence-electron chi connectivity index (χ2n) is 10.8. The molecule has 2 N–H and O–H groups in total. The van der Waals surface area contributed by atoms with Gasteiger partial charge < -0.3 is 10.1 Å². The van der Waals surface area contributed by atoms with Crippen molar-refractivity contribution in [2.75, 3.05) is 25.5 Å². The Morgan fingerprint density at radius 2 is 1.88 bits per heavy atom. The second-order valence-corrected chi connectivity index (χ2v) is 10.8. The van der Waals surface area contributed by atoms with Gasteiger partial charge in [-0.05, 0) is 49.6 Å². The van der Waals surface area contributed by atoms with Crippen molar-refractivity contribution in [3.05, 3.63) is 83.7 Å². The molecule has 3 heterocycles. The molecule has 9 nitrogen and oxygen atoms in total. The fourth-order valence-corrected chi connectivity index (χ4v) is 6.01. The van der Waals surface area contributed by atoms with Crippen LogP contribution in [0.4, 0.5) is 19.4 Å². The number of benzene rings is 2. The second kappa shape index (κ2) is 11.1. The van der Waals surface area contributed by atoms with E-state index in [4.69, 9.17) is 9.84 Å². The first-order valence-electron chi connectivity index (χ1n) is 13.8. The van der Waals surface area contributed by atoms with E-state index in [2.05, 4.69) is 20.6 Å². The summed E-state index contributed by atoms with van der Waals surface area (Å²) in [6.07, 6.45) is 5.72. The van der Waals surface area contributed by atoms with Crippen molar-refractivity contribution in [2.45, 2.75) is 43.9 Å². The Kier molecular flexibility index (Phi) is 7.31. The number of likely N-dealkylation sites (tertiary alicyclic amines) is 1. The van der Waals surface area contributed by atoms with E-state index in [9.17, 15) is 13.6 Å². The van der Waals surface area contributed by atoms with Crippen molar-refractivity contribution < 1.29 is 18.3 Å². The molecule has 2 aromatic carbocycles. The molecule has 11 heteroatoms. The van der Waals surface area contributed by atoms with Crippen molar-refractivity contribution in [3.8, 4) is 16.9 Å². The number of anilines is 1. The summed E-state index contributed by atoms with van der Waals surface area (Å²) in [4.78, 5) is 15.9. The molecule has 214 valence electrons. The van der Waals surface area contributed by atoms with E-state index in [0.29, 0.717) is 30.2 Å². The molecule has 1 aliphatic carbocycles. The van der Waals surface area contributed by atoms with Crippen LogP contribution in [0.25, 0.3) is 16.9 Å². The molecule has 2 amide bonds. The number of aromatic nitrogens is 4. The Balaban J connectivity index is 1.28. The van der Waals surface area contributed by atoms with Gasteiger partial charge in [0.15, 0.2) is 11.6 Å². The number of halogens is 2. The van der Waals surface area contributed by atoms with Gasteiger partial charge in [-0.25, -0.2) is 18.3 Å². The van der Waals surface area contributed by atoms with Gasteiger partial charge in [0.25, 0.3) is 0 Å². The van der Waals surface area contributed by atoms with Crippen molar-refractivity contribution in [1.82, 2.24) is 29.8 Å². The molecule has 41 heavy (non-hydrogen) atoms. The summed E-state index contributed by atoms with van der Waals surface area (Å²) in [5.74, 6) is -1.48. The Labute approximate surface area is 237 Å². The Bertz CT molecular complexity index is 1550. The minimum Gasteiger partial charge on any atom is -0.380 e. The monoisotopic (exact) mass is 561 g/mol. The summed E-state index contributed by atoms with van der Waals surface area (Å²) in [5, 5.41) is 15.3. The van der Waals surface area contributed by atoms with Gasteiger partial charge in [0.05, 0.1) is 24.0 Å². The van der Waals surface area contributed by atoms with Crippen LogP contribution in [0, 0.1) is 18.6 Å². The van der Waals surface area contributed by atoms with E-state index in [0.717, 1.165) is 35.7 Å². The van der Waals surface area contributed by atoms with Crippen LogP contribution < -0.4 is 10.6 Å². The maximum atomic E-state index is 14.2. The number of amides is 2. The van der Waals surface area contributed by atoms with Crippen LogP contribution in [0.3, 0.4) is 0 Å². The molecular weight excluding hydrogens is 528 g/mol. The number of rotatable bonds is 7. The van der Waals surface area contributed by atoms with Crippen molar-refractivity contribution in [2.24, 2.45) is 7.05 Å². The Hall–Kier alpha value is -4.09. The molecule has 2 fully saturated rings. The van der Waals surface area contributed by atoms with Gasteiger partial charge in [-0.2, -0.15) is 10.2 Å². The molecule has 1 saturated carbocycles. The predicted octanol–water partition coefficient (Wildman–Crippen LogP) is 4.63. The third-order valence-corrected chi connectivity index (χ3v) is 8.32. The average molecular weight is 562 g/mol. The summed E-state index contributed by atoms with van der Waals surface area (Å²) >= 11 is 0. The van der Waals surface area contributed by atoms with Gasteiger partial charge in [-0.15, -0.1) is 0 Å². The summed E-state index contributed by atoms with van der Waals surface area (Å²) < 4.78 is 37.0. The van der Waals surface area contributed by atoms with E-state index in [1.165, 1.54) is 6.07 Å². The third kappa shape index (κ3) is 5.22. The van der Waals surface area contributed by atoms with E-state index in [1.54, 1.807) is 28.7 Å². The molecule has 4 atom stereocenters. The molecular formula is C30H33F2N7O2. The summed E-state index contributed by atoms with van der Waals surface area (Å²) in [6.45, 7) is 3.08. The minimum atomic E-state index is -0.895. The fourth-order valence-electron chi connectivity index (χ4n) is 6.01. The van der Waals surface area contributed by atoms with Gasteiger partial charge in [0.1, 0.15) is 11.5 Å². The average Bonchev–Trinajstić information content (AvgIpc) is 3.63. The maximum absolute atomic E-state index is 14.2. The molecule has 0 spiro atoms. The van der Waals surface area contributed by atoms with Crippen LogP contribution in [-0.4, -0.2) is 68.9 Å². The maximum Gasteiger partial charge on any atom is 0.320 e. The number of carbonyl (C=O) groups is 1. The zero-order chi connectivity index (χ0) is 28.7. The molecule has 0 radical (unpaired) electrons. The lowest BCUT2D eigenvalue weighted by atomic mass is 9.87. The normalized spacial score (nSPS) is 22.5.